The molecule has 104 valence electrons. The summed E-state index contributed by atoms with van der Waals surface area (Å²) in [5.41, 5.74) is 0. The van der Waals surface area contributed by atoms with Crippen molar-refractivity contribution in [1.29, 1.82) is 0 Å². The minimum Gasteiger partial charge on any atom is -0.298 e. The number of benzene rings is 1. The van der Waals surface area contributed by atoms with E-state index in [0.717, 1.165) is 13.1 Å². The van der Waals surface area contributed by atoms with Crippen LogP contribution in [-0.2, 0) is 10.0 Å². The Balaban J connectivity index is 1.70. The molecule has 2 fully saturated rings. The van der Waals surface area contributed by atoms with Crippen LogP contribution >= 0.6 is 11.6 Å². The van der Waals surface area contributed by atoms with Crippen molar-refractivity contribution >= 4 is 21.6 Å². The fraction of sp³-hybridized carbons (Fsp3) is 0.538. The average Bonchev–Trinajstić information content (AvgIpc) is 2.80. The molecule has 0 unspecified atom stereocenters. The van der Waals surface area contributed by atoms with Crippen molar-refractivity contribution in [3.8, 4) is 0 Å². The quantitative estimate of drug-likeness (QED) is 0.855. The largest absolute Gasteiger partial charge is 0.298 e. The van der Waals surface area contributed by atoms with Gasteiger partial charge in [0.15, 0.2) is 0 Å². The Bertz CT molecular complexity index is 564. The number of rotatable bonds is 3. The van der Waals surface area contributed by atoms with Gasteiger partial charge < -0.3 is 0 Å². The zero-order valence-corrected chi connectivity index (χ0v) is 12.2. The molecule has 4 nitrogen and oxygen atoms in total. The molecule has 0 atom stereocenters. The van der Waals surface area contributed by atoms with Crippen molar-refractivity contribution in [3.63, 3.8) is 0 Å². The fourth-order valence-electron chi connectivity index (χ4n) is 2.73. The molecule has 0 N–H and O–H groups in total. The molecular formula is C13H17ClN2O2S. The molecule has 0 aliphatic carbocycles. The van der Waals surface area contributed by atoms with Crippen molar-refractivity contribution in [1.82, 2.24) is 9.21 Å². The second kappa shape index (κ2) is 5.05. The maximum absolute atomic E-state index is 12.4. The van der Waals surface area contributed by atoms with Gasteiger partial charge in [0, 0.05) is 24.2 Å². The first-order valence-electron chi connectivity index (χ1n) is 6.57. The Morgan fingerprint density at radius 3 is 2.47 bits per heavy atom. The van der Waals surface area contributed by atoms with Crippen LogP contribution in [0.15, 0.2) is 29.2 Å². The SMILES string of the molecule is O=S(=O)(c1cccc(Cl)c1)N1CC(N2CCCC2)C1. The fourth-order valence-corrected chi connectivity index (χ4v) is 4.54. The van der Waals surface area contributed by atoms with E-state index in [9.17, 15) is 8.42 Å². The zero-order valence-electron chi connectivity index (χ0n) is 10.6. The van der Waals surface area contributed by atoms with Crippen LogP contribution in [0.5, 0.6) is 0 Å². The van der Waals surface area contributed by atoms with E-state index >= 15 is 0 Å². The molecule has 1 aromatic rings. The first-order chi connectivity index (χ1) is 9.07. The summed E-state index contributed by atoms with van der Waals surface area (Å²) in [5.74, 6) is 0. The highest BCUT2D eigenvalue weighted by atomic mass is 35.5. The van der Waals surface area contributed by atoms with E-state index in [1.807, 2.05) is 0 Å². The minimum absolute atomic E-state index is 0.292. The van der Waals surface area contributed by atoms with Crippen molar-refractivity contribution in [3.05, 3.63) is 29.3 Å². The highest BCUT2D eigenvalue weighted by Gasteiger charge is 2.40. The second-order valence-corrected chi connectivity index (χ2v) is 7.55. The highest BCUT2D eigenvalue weighted by molar-refractivity contribution is 7.89. The predicted molar refractivity (Wildman–Crippen MR) is 74.8 cm³/mol. The van der Waals surface area contributed by atoms with E-state index < -0.39 is 10.0 Å². The lowest BCUT2D eigenvalue weighted by atomic mass is 10.1. The van der Waals surface area contributed by atoms with Gasteiger partial charge in [0.05, 0.1) is 4.90 Å². The van der Waals surface area contributed by atoms with Crippen LogP contribution in [0.3, 0.4) is 0 Å². The molecule has 0 bridgehead atoms. The molecule has 0 aromatic heterocycles. The first-order valence-corrected chi connectivity index (χ1v) is 8.39. The number of halogens is 1. The highest BCUT2D eigenvalue weighted by Crippen LogP contribution is 2.27. The number of likely N-dealkylation sites (tertiary alicyclic amines) is 1. The van der Waals surface area contributed by atoms with Crippen molar-refractivity contribution in [2.45, 2.75) is 23.8 Å². The maximum Gasteiger partial charge on any atom is 0.243 e. The Morgan fingerprint density at radius 1 is 1.16 bits per heavy atom. The number of hydrogen-bond acceptors (Lipinski definition) is 3. The predicted octanol–water partition coefficient (Wildman–Crippen LogP) is 1.81. The molecule has 0 radical (unpaired) electrons. The maximum atomic E-state index is 12.4. The standard InChI is InChI=1S/C13H17ClN2O2S/c14-11-4-3-5-13(8-11)19(17,18)16-9-12(10-16)15-6-1-2-7-15/h3-5,8,12H,1-2,6-7,9-10H2. The summed E-state index contributed by atoms with van der Waals surface area (Å²) in [7, 11) is -3.36. The van der Waals surface area contributed by atoms with Crippen LogP contribution < -0.4 is 0 Å². The normalized spacial score (nSPS) is 22.6. The van der Waals surface area contributed by atoms with Gasteiger partial charge in [-0.25, -0.2) is 8.42 Å². The van der Waals surface area contributed by atoms with Crippen molar-refractivity contribution < 1.29 is 8.42 Å². The lowest BCUT2D eigenvalue weighted by molar-refractivity contribution is 0.110. The summed E-state index contributed by atoms with van der Waals surface area (Å²) >= 11 is 5.86. The van der Waals surface area contributed by atoms with E-state index in [0.29, 0.717) is 29.0 Å². The lowest BCUT2D eigenvalue weighted by Gasteiger charge is -2.42. The lowest BCUT2D eigenvalue weighted by Crippen LogP contribution is -2.60. The van der Waals surface area contributed by atoms with Crippen LogP contribution in [0.25, 0.3) is 0 Å². The van der Waals surface area contributed by atoms with Crippen molar-refractivity contribution in [2.75, 3.05) is 26.2 Å². The van der Waals surface area contributed by atoms with Crippen molar-refractivity contribution in [2.24, 2.45) is 0 Å². The molecule has 2 aliphatic rings. The molecule has 6 heteroatoms. The molecule has 3 rings (SSSR count). The third-order valence-corrected chi connectivity index (χ3v) is 5.98. The molecule has 0 amide bonds. The molecule has 2 saturated heterocycles. The van der Waals surface area contributed by atoms with E-state index in [1.165, 1.54) is 18.9 Å². The third kappa shape index (κ3) is 2.52. The first kappa shape index (κ1) is 13.4. The third-order valence-electron chi connectivity index (χ3n) is 3.92. The van der Waals surface area contributed by atoms with Gasteiger partial charge in [-0.15, -0.1) is 0 Å². The summed E-state index contributed by atoms with van der Waals surface area (Å²) in [6.45, 7) is 3.43. The number of sulfonamides is 1. The zero-order chi connectivity index (χ0) is 13.5. The monoisotopic (exact) mass is 300 g/mol. The molecule has 0 spiro atoms. The second-order valence-electron chi connectivity index (χ2n) is 5.18. The van der Waals surface area contributed by atoms with Gasteiger partial charge in [0.1, 0.15) is 0 Å². The molecule has 0 saturated carbocycles. The van der Waals surface area contributed by atoms with Gasteiger partial charge in [0.25, 0.3) is 0 Å². The number of nitrogens with zero attached hydrogens (tertiary/aromatic N) is 2. The van der Waals surface area contributed by atoms with Crippen LogP contribution in [0.1, 0.15) is 12.8 Å². The molecule has 2 aliphatic heterocycles. The Hall–Kier alpha value is -0.620. The van der Waals surface area contributed by atoms with Gasteiger partial charge in [-0.1, -0.05) is 17.7 Å². The average molecular weight is 301 g/mol. The Labute approximate surface area is 119 Å². The van der Waals surface area contributed by atoms with Gasteiger partial charge in [-0.2, -0.15) is 4.31 Å². The Morgan fingerprint density at radius 2 is 1.84 bits per heavy atom. The van der Waals surface area contributed by atoms with E-state index in [4.69, 9.17) is 11.6 Å². The van der Waals surface area contributed by atoms with Crippen LogP contribution in [-0.4, -0.2) is 49.8 Å². The van der Waals surface area contributed by atoms with Crippen LogP contribution in [0.4, 0.5) is 0 Å². The van der Waals surface area contributed by atoms with E-state index in [1.54, 1.807) is 22.5 Å². The summed E-state index contributed by atoms with van der Waals surface area (Å²) in [6.07, 6.45) is 2.47. The summed E-state index contributed by atoms with van der Waals surface area (Å²) < 4.78 is 26.3. The molecule has 19 heavy (non-hydrogen) atoms. The summed E-state index contributed by atoms with van der Waals surface area (Å²) in [6, 6.07) is 6.87. The molecular weight excluding hydrogens is 284 g/mol. The molecule has 1 aromatic carbocycles. The topological polar surface area (TPSA) is 40.6 Å². The molecule has 2 heterocycles. The van der Waals surface area contributed by atoms with E-state index in [-0.39, 0.29) is 0 Å². The number of hydrogen-bond donors (Lipinski definition) is 0. The van der Waals surface area contributed by atoms with Crippen LogP contribution in [0.2, 0.25) is 5.02 Å². The van der Waals surface area contributed by atoms with Gasteiger partial charge in [-0.05, 0) is 44.1 Å². The smallest absolute Gasteiger partial charge is 0.243 e. The Kier molecular flexibility index (Phi) is 3.55. The summed E-state index contributed by atoms with van der Waals surface area (Å²) in [5, 5.41) is 0.456. The minimum atomic E-state index is -3.36. The van der Waals surface area contributed by atoms with Gasteiger partial charge in [0.2, 0.25) is 10.0 Å². The van der Waals surface area contributed by atoms with E-state index in [2.05, 4.69) is 4.90 Å². The van der Waals surface area contributed by atoms with Gasteiger partial charge >= 0.3 is 0 Å². The van der Waals surface area contributed by atoms with Gasteiger partial charge in [-0.3, -0.25) is 4.90 Å². The summed E-state index contributed by atoms with van der Waals surface area (Å²) in [4.78, 5) is 2.68. The van der Waals surface area contributed by atoms with Crippen LogP contribution in [0, 0.1) is 0 Å².